The number of pyridine rings is 1. The zero-order chi connectivity index (χ0) is 28.3. The first-order valence-corrected chi connectivity index (χ1v) is 12.3. The molecule has 39 heavy (non-hydrogen) atoms. The summed E-state index contributed by atoms with van der Waals surface area (Å²) in [5.41, 5.74) is 1.15. The van der Waals surface area contributed by atoms with Crippen molar-refractivity contribution in [1.29, 1.82) is 0 Å². The lowest BCUT2D eigenvalue weighted by Crippen LogP contribution is -2.44. The van der Waals surface area contributed by atoms with Crippen molar-refractivity contribution in [1.82, 2.24) is 9.88 Å². The van der Waals surface area contributed by atoms with Crippen molar-refractivity contribution in [2.45, 2.75) is 31.8 Å². The quantitative estimate of drug-likeness (QED) is 0.442. The number of amides is 2. The van der Waals surface area contributed by atoms with E-state index >= 15 is 0 Å². The minimum absolute atomic E-state index is 0.0310. The maximum Gasteiger partial charge on any atom is 0.573 e. The van der Waals surface area contributed by atoms with E-state index in [0.29, 0.717) is 29.3 Å². The lowest BCUT2D eigenvalue weighted by molar-refractivity contribution is -0.274. The third-order valence-electron chi connectivity index (χ3n) is 6.40. The third kappa shape index (κ3) is 6.43. The second-order valence-corrected chi connectivity index (χ2v) is 9.41. The van der Waals surface area contributed by atoms with E-state index in [4.69, 9.17) is 16.3 Å². The van der Waals surface area contributed by atoms with Crippen LogP contribution in [0.1, 0.15) is 27.4 Å². The number of hydrogen-bond acceptors (Lipinski definition) is 5. The van der Waals surface area contributed by atoms with Crippen LogP contribution in [0.25, 0.3) is 0 Å². The Kier molecular flexibility index (Phi) is 8.31. The van der Waals surface area contributed by atoms with E-state index < -0.39 is 35.9 Å². The number of aryl methyl sites for hydroxylation is 1. The highest BCUT2D eigenvalue weighted by Crippen LogP contribution is 2.33. The van der Waals surface area contributed by atoms with Gasteiger partial charge < -0.3 is 24.3 Å². The Bertz CT molecular complexity index is 1410. The average molecular weight is 564 g/mol. The molecular formula is C27H25ClF3N3O5. The van der Waals surface area contributed by atoms with Gasteiger partial charge in [-0.15, -0.1) is 13.2 Å². The number of alkyl halides is 3. The summed E-state index contributed by atoms with van der Waals surface area (Å²) in [4.78, 5) is 41.5. The number of hydrogen-bond donors (Lipinski definition) is 1. The summed E-state index contributed by atoms with van der Waals surface area (Å²) in [5.74, 6) is -2.19. The van der Waals surface area contributed by atoms with Gasteiger partial charge in [-0.2, -0.15) is 0 Å². The molecule has 2 heterocycles. The summed E-state index contributed by atoms with van der Waals surface area (Å²) >= 11 is 6.04. The van der Waals surface area contributed by atoms with Gasteiger partial charge >= 0.3 is 6.36 Å². The van der Waals surface area contributed by atoms with E-state index in [9.17, 15) is 27.6 Å². The smallest absolute Gasteiger partial charge is 0.406 e. The number of anilines is 1. The van der Waals surface area contributed by atoms with E-state index in [1.54, 1.807) is 43.5 Å². The molecule has 3 aromatic rings. The second-order valence-electron chi connectivity index (χ2n) is 8.97. The van der Waals surface area contributed by atoms with Crippen molar-refractivity contribution in [3.8, 4) is 5.75 Å². The molecule has 8 nitrogen and oxygen atoms in total. The molecule has 1 N–H and O–H groups in total. The molecule has 12 heteroatoms. The van der Waals surface area contributed by atoms with Gasteiger partial charge in [0.25, 0.3) is 11.5 Å². The number of rotatable bonds is 8. The Morgan fingerprint density at radius 2 is 1.74 bits per heavy atom. The Labute approximate surface area is 226 Å². The van der Waals surface area contributed by atoms with Crippen molar-refractivity contribution in [2.24, 2.45) is 0 Å². The first-order chi connectivity index (χ1) is 18.5. The van der Waals surface area contributed by atoms with Crippen LogP contribution in [0.4, 0.5) is 18.9 Å². The van der Waals surface area contributed by atoms with Gasteiger partial charge in [0.2, 0.25) is 5.91 Å². The first kappa shape index (κ1) is 28.2. The maximum atomic E-state index is 13.7. The number of carbonyl (C=O) groups is 2. The fraction of sp³-hybridized carbons (Fsp3) is 0.296. The molecule has 2 amide bonds. The Morgan fingerprint density at radius 3 is 2.36 bits per heavy atom. The van der Waals surface area contributed by atoms with Gasteiger partial charge in [0.05, 0.1) is 6.61 Å². The van der Waals surface area contributed by atoms with Crippen LogP contribution in [0.2, 0.25) is 5.02 Å². The molecule has 206 valence electrons. The summed E-state index contributed by atoms with van der Waals surface area (Å²) in [6.45, 7) is 2.42. The molecule has 0 spiro atoms. The third-order valence-corrected chi connectivity index (χ3v) is 6.65. The maximum absolute atomic E-state index is 13.7. The minimum atomic E-state index is -4.87. The van der Waals surface area contributed by atoms with Crippen LogP contribution in [-0.2, 0) is 16.1 Å². The van der Waals surface area contributed by atoms with E-state index in [-0.39, 0.29) is 23.4 Å². The molecule has 0 saturated carbocycles. The lowest BCUT2D eigenvalue weighted by atomic mass is 9.94. The number of aromatic nitrogens is 1. The average Bonchev–Trinajstić information content (AvgIpc) is 3.19. The van der Waals surface area contributed by atoms with Crippen LogP contribution in [0.15, 0.2) is 65.6 Å². The normalized spacial score (nSPS) is 17.4. The van der Waals surface area contributed by atoms with Crippen molar-refractivity contribution in [3.05, 3.63) is 92.9 Å². The fourth-order valence-corrected chi connectivity index (χ4v) is 4.61. The van der Waals surface area contributed by atoms with Crippen molar-refractivity contribution in [3.63, 3.8) is 0 Å². The molecule has 1 aliphatic heterocycles. The van der Waals surface area contributed by atoms with E-state index in [2.05, 4.69) is 10.1 Å². The lowest BCUT2D eigenvalue weighted by Gasteiger charge is -2.20. The van der Waals surface area contributed by atoms with Crippen LogP contribution in [0.5, 0.6) is 5.75 Å². The molecule has 1 fully saturated rings. The SMILES string of the molecule is COCCn1ccc(C)c(N2C[C@@H](c3ccc(Cl)cc3)[C@H](NC(=O)c3ccc(OC(F)(F)F)cc3)C2=O)c1=O. The van der Waals surface area contributed by atoms with E-state index in [0.717, 1.165) is 12.1 Å². The highest BCUT2D eigenvalue weighted by molar-refractivity contribution is 6.30. The summed E-state index contributed by atoms with van der Waals surface area (Å²) in [7, 11) is 1.52. The summed E-state index contributed by atoms with van der Waals surface area (Å²) in [6, 6.07) is 11.8. The molecular weight excluding hydrogens is 539 g/mol. The van der Waals surface area contributed by atoms with Gasteiger partial charge in [0.15, 0.2) is 0 Å². The van der Waals surface area contributed by atoms with Gasteiger partial charge in [-0.25, -0.2) is 0 Å². The zero-order valence-electron chi connectivity index (χ0n) is 21.0. The summed E-state index contributed by atoms with van der Waals surface area (Å²) in [5, 5.41) is 3.20. The zero-order valence-corrected chi connectivity index (χ0v) is 21.8. The Morgan fingerprint density at radius 1 is 1.08 bits per heavy atom. The summed E-state index contributed by atoms with van der Waals surface area (Å²) in [6.07, 6.45) is -3.24. The van der Waals surface area contributed by atoms with Crippen LogP contribution in [0.3, 0.4) is 0 Å². The van der Waals surface area contributed by atoms with Crippen molar-refractivity contribution in [2.75, 3.05) is 25.2 Å². The first-order valence-electron chi connectivity index (χ1n) is 11.9. The minimum Gasteiger partial charge on any atom is -0.406 e. The van der Waals surface area contributed by atoms with Crippen molar-refractivity contribution >= 4 is 29.1 Å². The predicted octanol–water partition coefficient (Wildman–Crippen LogP) is 4.28. The van der Waals surface area contributed by atoms with Crippen LogP contribution in [0, 0.1) is 6.92 Å². The largest absolute Gasteiger partial charge is 0.573 e. The fourth-order valence-electron chi connectivity index (χ4n) is 4.48. The molecule has 0 aliphatic carbocycles. The molecule has 1 aliphatic rings. The molecule has 2 aromatic carbocycles. The monoisotopic (exact) mass is 563 g/mol. The summed E-state index contributed by atoms with van der Waals surface area (Å²) < 4.78 is 47.8. The van der Waals surface area contributed by atoms with Gasteiger partial charge in [0.1, 0.15) is 17.5 Å². The number of benzene rings is 2. The molecule has 4 rings (SSSR count). The number of nitrogens with zero attached hydrogens (tertiary/aromatic N) is 2. The van der Waals surface area contributed by atoms with Crippen LogP contribution < -0.4 is 20.5 Å². The molecule has 0 radical (unpaired) electrons. The molecule has 2 atom stereocenters. The highest BCUT2D eigenvalue weighted by atomic mass is 35.5. The Balaban J connectivity index is 1.66. The van der Waals surface area contributed by atoms with Gasteiger partial charge in [-0.1, -0.05) is 23.7 Å². The topological polar surface area (TPSA) is 89.9 Å². The van der Waals surface area contributed by atoms with Crippen LogP contribution >= 0.6 is 11.6 Å². The standard InChI is InChI=1S/C27H25ClF3N3O5/c1-16-11-12-33(13-14-38-2)26(37)23(16)34-15-21(17-3-7-19(28)8-4-17)22(25(34)36)32-24(35)18-5-9-20(10-6-18)39-27(29,30)31/h3-12,21-22H,13-15H2,1-2H3,(H,32,35)/t21-,22-/m0/s1. The molecule has 0 unspecified atom stereocenters. The van der Waals surface area contributed by atoms with Gasteiger partial charge in [-0.3, -0.25) is 14.4 Å². The Hall–Kier alpha value is -3.83. The second kappa shape index (κ2) is 11.5. The number of methoxy groups -OCH3 is 1. The molecule has 0 bridgehead atoms. The molecule has 1 saturated heterocycles. The number of nitrogens with one attached hydrogen (secondary N) is 1. The van der Waals surface area contributed by atoms with Gasteiger partial charge in [-0.05, 0) is 60.5 Å². The van der Waals surface area contributed by atoms with E-state index in [1.165, 1.54) is 28.7 Å². The van der Waals surface area contributed by atoms with Gasteiger partial charge in [0, 0.05) is 42.9 Å². The van der Waals surface area contributed by atoms with E-state index in [1.807, 2.05) is 0 Å². The number of carbonyl (C=O) groups excluding carboxylic acids is 2. The predicted molar refractivity (Wildman–Crippen MR) is 138 cm³/mol. The highest BCUT2D eigenvalue weighted by Gasteiger charge is 2.44. The number of ether oxygens (including phenoxy) is 2. The number of halogens is 4. The van der Waals surface area contributed by atoms with Crippen LogP contribution in [-0.4, -0.2) is 49.0 Å². The van der Waals surface area contributed by atoms with Crippen molar-refractivity contribution < 1.29 is 32.2 Å². The molecule has 1 aromatic heterocycles.